The van der Waals surface area contributed by atoms with Gasteiger partial charge < -0.3 is 0 Å². The highest BCUT2D eigenvalue weighted by Crippen LogP contribution is 2.36. The molecule has 0 N–H and O–H groups in total. The fraction of sp³-hybridized carbons (Fsp3) is 0.143. The van der Waals surface area contributed by atoms with Crippen LogP contribution < -0.4 is 0 Å². The molecule has 0 saturated heterocycles. The molecule has 0 unspecified atom stereocenters. The van der Waals surface area contributed by atoms with E-state index in [4.69, 9.17) is 11.6 Å². The molecule has 0 nitrogen and oxygen atoms in total. The summed E-state index contributed by atoms with van der Waals surface area (Å²) in [4.78, 5) is 0. The van der Waals surface area contributed by atoms with Crippen LogP contribution in [-0.2, 0) is 6.18 Å². The van der Waals surface area contributed by atoms with Crippen molar-refractivity contribution in [2.75, 3.05) is 0 Å². The number of benzene rings is 2. The van der Waals surface area contributed by atoms with Crippen LogP contribution in [0.25, 0.3) is 11.1 Å². The van der Waals surface area contributed by atoms with Crippen LogP contribution in [0, 0.1) is 0 Å². The number of alkyl halides is 5. The van der Waals surface area contributed by atoms with Gasteiger partial charge in [-0.05, 0) is 29.8 Å². The van der Waals surface area contributed by atoms with Gasteiger partial charge >= 0.3 is 6.18 Å². The molecule has 0 atom stereocenters. The molecule has 0 aliphatic rings. The van der Waals surface area contributed by atoms with Crippen LogP contribution in [0.5, 0.6) is 0 Å². The second-order valence-corrected chi connectivity index (χ2v) is 4.53. The van der Waals surface area contributed by atoms with Crippen molar-refractivity contribution in [2.45, 2.75) is 12.6 Å². The Bertz CT molecular complexity index is 619. The molecule has 0 aliphatic heterocycles. The number of rotatable bonds is 2. The van der Waals surface area contributed by atoms with Gasteiger partial charge in [0.2, 0.25) is 0 Å². The Morgan fingerprint density at radius 1 is 0.950 bits per heavy atom. The third kappa shape index (κ3) is 3.10. The zero-order chi connectivity index (χ0) is 14.9. The Balaban J connectivity index is 2.54. The van der Waals surface area contributed by atoms with Gasteiger partial charge in [-0.25, -0.2) is 8.78 Å². The van der Waals surface area contributed by atoms with Crippen LogP contribution in [-0.4, -0.2) is 0 Å². The van der Waals surface area contributed by atoms with Crippen LogP contribution >= 0.6 is 11.6 Å². The second-order valence-electron chi connectivity index (χ2n) is 4.12. The Hall–Kier alpha value is -1.62. The summed E-state index contributed by atoms with van der Waals surface area (Å²) in [6, 6.07) is 7.89. The smallest absolute Gasteiger partial charge is 0.205 e. The molecule has 2 aromatic carbocycles. The average Bonchev–Trinajstić information content (AvgIpc) is 2.38. The maximum Gasteiger partial charge on any atom is 0.416 e. The van der Waals surface area contributed by atoms with Crippen LogP contribution in [0.2, 0.25) is 5.02 Å². The first-order valence-corrected chi connectivity index (χ1v) is 5.92. The third-order valence-electron chi connectivity index (χ3n) is 2.74. The van der Waals surface area contributed by atoms with E-state index in [2.05, 4.69) is 0 Å². The van der Waals surface area contributed by atoms with E-state index in [0.717, 1.165) is 24.3 Å². The van der Waals surface area contributed by atoms with Crippen molar-refractivity contribution in [1.82, 2.24) is 0 Å². The Morgan fingerprint density at radius 2 is 1.65 bits per heavy atom. The second kappa shape index (κ2) is 5.40. The Labute approximate surface area is 116 Å². The largest absolute Gasteiger partial charge is 0.416 e. The van der Waals surface area contributed by atoms with Crippen LogP contribution in [0.1, 0.15) is 17.6 Å². The lowest BCUT2D eigenvalue weighted by molar-refractivity contribution is -0.137. The van der Waals surface area contributed by atoms with Gasteiger partial charge in [0.05, 0.1) is 5.56 Å². The van der Waals surface area contributed by atoms with Crippen molar-refractivity contribution in [3.63, 3.8) is 0 Å². The Morgan fingerprint density at radius 3 is 2.25 bits per heavy atom. The minimum atomic E-state index is -4.50. The molecule has 2 aromatic rings. The van der Waals surface area contributed by atoms with Crippen molar-refractivity contribution >= 4 is 11.6 Å². The van der Waals surface area contributed by atoms with E-state index >= 15 is 0 Å². The molecular weight excluding hydrogens is 299 g/mol. The number of halogens is 6. The van der Waals surface area contributed by atoms with Gasteiger partial charge in [-0.2, -0.15) is 13.2 Å². The van der Waals surface area contributed by atoms with Gasteiger partial charge in [-0.3, -0.25) is 0 Å². The lowest BCUT2D eigenvalue weighted by atomic mass is 10.0. The van der Waals surface area contributed by atoms with Crippen molar-refractivity contribution in [2.24, 2.45) is 0 Å². The van der Waals surface area contributed by atoms with Gasteiger partial charge in [0, 0.05) is 16.1 Å². The summed E-state index contributed by atoms with van der Waals surface area (Å²) in [5, 5.41) is 0.119. The first-order chi connectivity index (χ1) is 9.29. The third-order valence-corrected chi connectivity index (χ3v) is 3.07. The van der Waals surface area contributed by atoms with Gasteiger partial charge in [0.25, 0.3) is 6.43 Å². The van der Waals surface area contributed by atoms with Gasteiger partial charge in [0.15, 0.2) is 0 Å². The molecule has 0 saturated carbocycles. The van der Waals surface area contributed by atoms with E-state index in [1.165, 1.54) is 18.2 Å². The highest BCUT2D eigenvalue weighted by atomic mass is 35.5. The SMILES string of the molecule is FC(F)c1ccc(Cl)c(-c2cccc(C(F)(F)F)c2)c1. The number of hydrogen-bond acceptors (Lipinski definition) is 0. The zero-order valence-electron chi connectivity index (χ0n) is 9.89. The van der Waals surface area contributed by atoms with Crippen molar-refractivity contribution in [3.8, 4) is 11.1 Å². The van der Waals surface area contributed by atoms with E-state index in [-0.39, 0.29) is 21.7 Å². The summed E-state index contributed by atoms with van der Waals surface area (Å²) in [5.74, 6) is 0. The Kier molecular flexibility index (Phi) is 3.99. The first-order valence-electron chi connectivity index (χ1n) is 5.54. The topological polar surface area (TPSA) is 0 Å². The van der Waals surface area contributed by atoms with E-state index in [0.29, 0.717) is 0 Å². The fourth-order valence-electron chi connectivity index (χ4n) is 1.76. The molecule has 20 heavy (non-hydrogen) atoms. The van der Waals surface area contributed by atoms with Crippen LogP contribution in [0.3, 0.4) is 0 Å². The maximum atomic E-state index is 12.6. The highest BCUT2D eigenvalue weighted by molar-refractivity contribution is 6.33. The minimum Gasteiger partial charge on any atom is -0.205 e. The number of hydrogen-bond donors (Lipinski definition) is 0. The molecule has 2 rings (SSSR count). The standard InChI is InChI=1S/C14H8ClF5/c15-12-5-4-9(13(16)17)7-11(12)8-2-1-3-10(6-8)14(18,19)20/h1-7,13H. The van der Waals surface area contributed by atoms with Crippen molar-refractivity contribution < 1.29 is 22.0 Å². The molecule has 0 aliphatic carbocycles. The molecule has 0 radical (unpaired) electrons. The van der Waals surface area contributed by atoms with E-state index in [1.54, 1.807) is 0 Å². The zero-order valence-corrected chi connectivity index (χ0v) is 10.6. The van der Waals surface area contributed by atoms with Gasteiger partial charge in [-0.15, -0.1) is 0 Å². The lowest BCUT2D eigenvalue weighted by Gasteiger charge is -2.11. The highest BCUT2D eigenvalue weighted by Gasteiger charge is 2.30. The van der Waals surface area contributed by atoms with Crippen LogP contribution in [0.15, 0.2) is 42.5 Å². The molecule has 106 valence electrons. The predicted molar refractivity (Wildman–Crippen MR) is 66.8 cm³/mol. The molecule has 0 spiro atoms. The minimum absolute atomic E-state index is 0.119. The van der Waals surface area contributed by atoms with Gasteiger partial charge in [-0.1, -0.05) is 29.8 Å². The molecule has 0 bridgehead atoms. The quantitative estimate of drug-likeness (QED) is 0.600. The van der Waals surface area contributed by atoms with E-state index in [9.17, 15) is 22.0 Å². The average molecular weight is 307 g/mol. The van der Waals surface area contributed by atoms with Gasteiger partial charge in [0.1, 0.15) is 0 Å². The molecule has 6 heteroatoms. The van der Waals surface area contributed by atoms with Crippen LogP contribution in [0.4, 0.5) is 22.0 Å². The van der Waals surface area contributed by atoms with Crippen molar-refractivity contribution in [3.05, 3.63) is 58.6 Å². The summed E-state index contributed by atoms with van der Waals surface area (Å²) in [6.07, 6.45) is -7.21. The monoisotopic (exact) mass is 306 g/mol. The normalized spacial score (nSPS) is 11.9. The van der Waals surface area contributed by atoms with E-state index < -0.39 is 18.2 Å². The predicted octanol–water partition coefficient (Wildman–Crippen LogP) is 5.96. The van der Waals surface area contributed by atoms with Crippen molar-refractivity contribution in [1.29, 1.82) is 0 Å². The van der Waals surface area contributed by atoms with E-state index in [1.807, 2.05) is 0 Å². The summed E-state index contributed by atoms with van der Waals surface area (Å²) < 4.78 is 63.2. The summed E-state index contributed by atoms with van der Waals surface area (Å²) in [7, 11) is 0. The lowest BCUT2D eigenvalue weighted by Crippen LogP contribution is -2.04. The molecule has 0 amide bonds. The molecule has 0 heterocycles. The first kappa shape index (κ1) is 14.8. The molecule has 0 aromatic heterocycles. The molecular formula is C14H8ClF5. The maximum absolute atomic E-state index is 12.6. The summed E-state index contributed by atoms with van der Waals surface area (Å²) >= 11 is 5.88. The fourth-order valence-corrected chi connectivity index (χ4v) is 1.99. The summed E-state index contributed by atoms with van der Waals surface area (Å²) in [6.45, 7) is 0. The summed E-state index contributed by atoms with van der Waals surface area (Å²) in [5.41, 5.74) is -0.849. The molecule has 0 fully saturated rings.